The minimum absolute atomic E-state index is 0.278. The van der Waals surface area contributed by atoms with Gasteiger partial charge in [-0.25, -0.2) is 4.79 Å². The minimum atomic E-state index is -0.450. The number of para-hydroxylation sites is 3. The lowest BCUT2D eigenvalue weighted by atomic mass is 10.1. The molecule has 3 rings (SSSR count). The fraction of sp³-hybridized carbons (Fsp3) is 0.158. The number of hydrogen-bond acceptors (Lipinski definition) is 5. The van der Waals surface area contributed by atoms with E-state index in [0.717, 1.165) is 11.1 Å². The molecule has 0 spiro atoms. The van der Waals surface area contributed by atoms with E-state index in [2.05, 4.69) is 10.3 Å². The van der Waals surface area contributed by atoms with Crippen molar-refractivity contribution < 1.29 is 14.3 Å². The molecular weight excluding hydrogens is 340 g/mol. The molecule has 0 saturated carbocycles. The van der Waals surface area contributed by atoms with E-state index in [9.17, 15) is 4.79 Å². The molecular formula is C19H17ClN2O3. The molecule has 0 radical (unpaired) electrons. The third-order valence-electron chi connectivity index (χ3n) is 3.71. The maximum atomic E-state index is 12.4. The number of anilines is 2. The van der Waals surface area contributed by atoms with Crippen LogP contribution in [0.25, 0.3) is 10.9 Å². The van der Waals surface area contributed by atoms with Crippen LogP contribution >= 0.6 is 11.6 Å². The van der Waals surface area contributed by atoms with E-state index < -0.39 is 5.97 Å². The number of pyridine rings is 1. The Morgan fingerprint density at radius 1 is 1.20 bits per heavy atom. The molecule has 0 unspecified atom stereocenters. The highest BCUT2D eigenvalue weighted by Crippen LogP contribution is 2.35. The summed E-state index contributed by atoms with van der Waals surface area (Å²) in [6.07, 6.45) is 1.48. The number of methoxy groups -OCH3 is 1. The standard InChI is InChI=1S/C19H17ClN2O3/c1-3-25-19(23)13-11-21-18-12(7-6-8-14(18)20)17(13)22-15-9-4-5-10-16(15)24-2/h4-11H,3H2,1-2H3,(H,21,22). The second-order valence-electron chi connectivity index (χ2n) is 5.23. The molecule has 0 fully saturated rings. The van der Waals surface area contributed by atoms with E-state index in [1.807, 2.05) is 36.4 Å². The van der Waals surface area contributed by atoms with Crippen LogP contribution in [0, 0.1) is 0 Å². The predicted molar refractivity (Wildman–Crippen MR) is 99.0 cm³/mol. The summed E-state index contributed by atoms with van der Waals surface area (Å²) >= 11 is 6.25. The van der Waals surface area contributed by atoms with E-state index in [1.165, 1.54) is 6.20 Å². The molecule has 5 nitrogen and oxygen atoms in total. The van der Waals surface area contributed by atoms with Gasteiger partial charge in [0.05, 0.1) is 35.6 Å². The fourth-order valence-corrected chi connectivity index (χ4v) is 2.79. The molecule has 0 saturated heterocycles. The number of rotatable bonds is 5. The van der Waals surface area contributed by atoms with Gasteiger partial charge in [-0.3, -0.25) is 4.98 Å². The largest absolute Gasteiger partial charge is 0.495 e. The molecule has 0 bridgehead atoms. The first-order chi connectivity index (χ1) is 12.2. The first kappa shape index (κ1) is 17.0. The van der Waals surface area contributed by atoms with Crippen molar-refractivity contribution in [2.24, 2.45) is 0 Å². The first-order valence-corrected chi connectivity index (χ1v) is 8.18. The summed E-state index contributed by atoms with van der Waals surface area (Å²) in [5.41, 5.74) is 2.25. The van der Waals surface area contributed by atoms with E-state index in [0.29, 0.717) is 27.5 Å². The summed E-state index contributed by atoms with van der Waals surface area (Å²) in [5.74, 6) is 0.207. The monoisotopic (exact) mass is 356 g/mol. The van der Waals surface area contributed by atoms with Crippen molar-refractivity contribution in [3.63, 3.8) is 0 Å². The van der Waals surface area contributed by atoms with Gasteiger partial charge in [-0.15, -0.1) is 0 Å². The lowest BCUT2D eigenvalue weighted by Crippen LogP contribution is -2.09. The molecule has 25 heavy (non-hydrogen) atoms. The molecule has 0 amide bonds. The number of esters is 1. The Bertz CT molecular complexity index is 928. The van der Waals surface area contributed by atoms with Crippen molar-refractivity contribution in [2.45, 2.75) is 6.92 Å². The Morgan fingerprint density at radius 3 is 2.76 bits per heavy atom. The zero-order chi connectivity index (χ0) is 17.8. The molecule has 0 aliphatic rings. The van der Waals surface area contributed by atoms with Gasteiger partial charge in [0.1, 0.15) is 11.3 Å². The van der Waals surface area contributed by atoms with Crippen LogP contribution in [-0.4, -0.2) is 24.7 Å². The summed E-state index contributed by atoms with van der Waals surface area (Å²) in [4.78, 5) is 16.7. The average Bonchev–Trinajstić information content (AvgIpc) is 2.63. The number of aromatic nitrogens is 1. The highest BCUT2D eigenvalue weighted by atomic mass is 35.5. The van der Waals surface area contributed by atoms with Crippen molar-refractivity contribution in [2.75, 3.05) is 19.0 Å². The van der Waals surface area contributed by atoms with Crippen LogP contribution in [0.15, 0.2) is 48.7 Å². The molecule has 1 heterocycles. The SMILES string of the molecule is CCOC(=O)c1cnc2c(Cl)cccc2c1Nc1ccccc1OC. The number of benzene rings is 2. The van der Waals surface area contributed by atoms with Crippen molar-refractivity contribution in [3.8, 4) is 5.75 Å². The summed E-state index contributed by atoms with van der Waals surface area (Å²) in [6.45, 7) is 2.04. The summed E-state index contributed by atoms with van der Waals surface area (Å²) in [5, 5.41) is 4.51. The number of halogens is 1. The van der Waals surface area contributed by atoms with Crippen LogP contribution in [0.3, 0.4) is 0 Å². The highest BCUT2D eigenvalue weighted by molar-refractivity contribution is 6.35. The van der Waals surface area contributed by atoms with E-state index in [1.54, 1.807) is 20.1 Å². The molecule has 0 aliphatic carbocycles. The molecule has 0 atom stereocenters. The van der Waals surface area contributed by atoms with Crippen LogP contribution in [0.5, 0.6) is 5.75 Å². The quantitative estimate of drug-likeness (QED) is 0.664. The second kappa shape index (κ2) is 7.40. The summed E-state index contributed by atoms with van der Waals surface area (Å²) in [6, 6.07) is 12.9. The molecule has 3 aromatic rings. The van der Waals surface area contributed by atoms with Crippen molar-refractivity contribution in [3.05, 3.63) is 59.2 Å². The maximum Gasteiger partial charge on any atom is 0.341 e. The topological polar surface area (TPSA) is 60.5 Å². The highest BCUT2D eigenvalue weighted by Gasteiger charge is 2.18. The molecule has 1 aromatic heterocycles. The Balaban J connectivity index is 2.20. The van der Waals surface area contributed by atoms with Gasteiger partial charge >= 0.3 is 5.97 Å². The van der Waals surface area contributed by atoms with Gasteiger partial charge in [-0.1, -0.05) is 35.9 Å². The molecule has 2 aromatic carbocycles. The number of fused-ring (bicyclic) bond motifs is 1. The average molecular weight is 357 g/mol. The maximum absolute atomic E-state index is 12.4. The first-order valence-electron chi connectivity index (χ1n) is 7.80. The summed E-state index contributed by atoms with van der Waals surface area (Å²) in [7, 11) is 1.59. The third-order valence-corrected chi connectivity index (χ3v) is 4.02. The van der Waals surface area contributed by atoms with Crippen LogP contribution in [-0.2, 0) is 4.74 Å². The number of carbonyl (C=O) groups excluding carboxylic acids is 1. The van der Waals surface area contributed by atoms with Gasteiger partial charge in [0.25, 0.3) is 0 Å². The number of hydrogen-bond donors (Lipinski definition) is 1. The van der Waals surface area contributed by atoms with E-state index in [-0.39, 0.29) is 6.61 Å². The van der Waals surface area contributed by atoms with Crippen LogP contribution in [0.1, 0.15) is 17.3 Å². The molecule has 1 N–H and O–H groups in total. The van der Waals surface area contributed by atoms with Gasteiger partial charge in [-0.05, 0) is 25.1 Å². The lowest BCUT2D eigenvalue weighted by molar-refractivity contribution is 0.0527. The van der Waals surface area contributed by atoms with Crippen molar-refractivity contribution in [1.82, 2.24) is 4.98 Å². The molecule has 6 heteroatoms. The van der Waals surface area contributed by atoms with E-state index >= 15 is 0 Å². The molecule has 128 valence electrons. The van der Waals surface area contributed by atoms with Gasteiger partial charge < -0.3 is 14.8 Å². The predicted octanol–water partition coefficient (Wildman–Crippen LogP) is 4.82. The Kier molecular flexibility index (Phi) is 5.05. The zero-order valence-electron chi connectivity index (χ0n) is 13.9. The smallest absolute Gasteiger partial charge is 0.341 e. The Labute approximate surface area is 150 Å². The number of nitrogens with zero attached hydrogens (tertiary/aromatic N) is 1. The van der Waals surface area contributed by atoms with Crippen LogP contribution < -0.4 is 10.1 Å². The normalized spacial score (nSPS) is 10.5. The van der Waals surface area contributed by atoms with Gasteiger partial charge in [-0.2, -0.15) is 0 Å². The summed E-state index contributed by atoms with van der Waals surface area (Å²) < 4.78 is 10.5. The van der Waals surface area contributed by atoms with Gasteiger partial charge in [0.2, 0.25) is 0 Å². The minimum Gasteiger partial charge on any atom is -0.495 e. The Hall–Kier alpha value is -2.79. The van der Waals surface area contributed by atoms with Gasteiger partial charge in [0, 0.05) is 11.6 Å². The van der Waals surface area contributed by atoms with Crippen molar-refractivity contribution >= 4 is 39.8 Å². The van der Waals surface area contributed by atoms with Crippen LogP contribution in [0.2, 0.25) is 5.02 Å². The fourth-order valence-electron chi connectivity index (χ4n) is 2.57. The van der Waals surface area contributed by atoms with Crippen LogP contribution in [0.4, 0.5) is 11.4 Å². The van der Waals surface area contributed by atoms with Crippen molar-refractivity contribution in [1.29, 1.82) is 0 Å². The number of carbonyl (C=O) groups is 1. The zero-order valence-corrected chi connectivity index (χ0v) is 14.6. The third kappa shape index (κ3) is 3.37. The Morgan fingerprint density at radius 2 is 2.00 bits per heavy atom. The molecule has 0 aliphatic heterocycles. The second-order valence-corrected chi connectivity index (χ2v) is 5.64. The lowest BCUT2D eigenvalue weighted by Gasteiger charge is -2.16. The number of ether oxygens (including phenoxy) is 2. The van der Waals surface area contributed by atoms with E-state index in [4.69, 9.17) is 21.1 Å². The van der Waals surface area contributed by atoms with Gasteiger partial charge in [0.15, 0.2) is 0 Å². The number of nitrogens with one attached hydrogen (secondary N) is 1.